The summed E-state index contributed by atoms with van der Waals surface area (Å²) in [6.45, 7) is 2.40. The first-order valence-corrected chi connectivity index (χ1v) is 4.20. The Kier molecular flexibility index (Phi) is 3.66. The molecule has 14 heavy (non-hydrogen) atoms. The van der Waals surface area contributed by atoms with Gasteiger partial charge in [-0.2, -0.15) is 4.98 Å². The van der Waals surface area contributed by atoms with Crippen molar-refractivity contribution in [3.8, 4) is 5.88 Å². The van der Waals surface area contributed by atoms with Gasteiger partial charge in [-0.05, 0) is 6.92 Å². The molecule has 3 N–H and O–H groups in total. The second kappa shape index (κ2) is 5.00. The summed E-state index contributed by atoms with van der Waals surface area (Å²) in [6, 6.07) is 1.64. The van der Waals surface area contributed by atoms with E-state index >= 15 is 0 Å². The van der Waals surface area contributed by atoms with Gasteiger partial charge in [-0.3, -0.25) is 4.79 Å². The van der Waals surface area contributed by atoms with Crippen LogP contribution in [0.3, 0.4) is 0 Å². The van der Waals surface area contributed by atoms with E-state index in [0.717, 1.165) is 0 Å². The first kappa shape index (κ1) is 10.2. The van der Waals surface area contributed by atoms with E-state index in [1.807, 2.05) is 6.92 Å². The number of hydrogen-bond acceptors (Lipinski definition) is 5. The van der Waals surface area contributed by atoms with Crippen LogP contribution < -0.4 is 15.8 Å². The monoisotopic (exact) mass is 196 g/mol. The van der Waals surface area contributed by atoms with Crippen LogP contribution in [0.4, 0.5) is 5.95 Å². The number of nitrogens with two attached hydrogens (primary N) is 1. The molecule has 0 radical (unpaired) electrons. The molecule has 1 aromatic rings. The van der Waals surface area contributed by atoms with Gasteiger partial charge in [-0.1, -0.05) is 0 Å². The third kappa shape index (κ3) is 3.26. The highest BCUT2D eigenvalue weighted by atomic mass is 16.5. The van der Waals surface area contributed by atoms with Gasteiger partial charge in [0.05, 0.1) is 13.2 Å². The lowest BCUT2D eigenvalue weighted by atomic mass is 10.6. The van der Waals surface area contributed by atoms with E-state index in [4.69, 9.17) is 10.5 Å². The molecule has 0 aromatic carbocycles. The zero-order valence-electron chi connectivity index (χ0n) is 7.86. The molecule has 0 aliphatic rings. The van der Waals surface area contributed by atoms with Gasteiger partial charge < -0.3 is 15.8 Å². The van der Waals surface area contributed by atoms with Crippen molar-refractivity contribution >= 4 is 11.9 Å². The molecule has 1 aromatic heterocycles. The predicted octanol–water partition coefficient (Wildman–Crippen LogP) is -0.228. The minimum absolute atomic E-state index is 0.00950. The minimum atomic E-state index is -0.463. The van der Waals surface area contributed by atoms with Crippen LogP contribution in [0.5, 0.6) is 5.88 Å². The van der Waals surface area contributed by atoms with Gasteiger partial charge >= 0.3 is 0 Å². The summed E-state index contributed by atoms with van der Waals surface area (Å²) < 4.78 is 5.15. The predicted molar refractivity (Wildman–Crippen MR) is 50.9 cm³/mol. The Labute approximate surface area is 81.5 Å². The Hall–Kier alpha value is -1.85. The van der Waals surface area contributed by atoms with Gasteiger partial charge in [-0.25, -0.2) is 4.98 Å². The molecule has 0 fully saturated rings. The fourth-order valence-electron chi connectivity index (χ4n) is 0.822. The Morgan fingerprint density at radius 1 is 1.71 bits per heavy atom. The first-order chi connectivity index (χ1) is 6.72. The number of amides is 1. The highest BCUT2D eigenvalue weighted by molar-refractivity contribution is 5.78. The van der Waals surface area contributed by atoms with Crippen molar-refractivity contribution in [3.63, 3.8) is 0 Å². The number of carbonyl (C=O) groups is 1. The van der Waals surface area contributed by atoms with E-state index in [1.54, 1.807) is 12.3 Å². The number of nitrogens with one attached hydrogen (secondary N) is 1. The molecule has 0 atom stereocenters. The van der Waals surface area contributed by atoms with E-state index < -0.39 is 5.91 Å². The van der Waals surface area contributed by atoms with Gasteiger partial charge in [0.25, 0.3) is 0 Å². The molecule has 0 spiro atoms. The lowest BCUT2D eigenvalue weighted by molar-refractivity contribution is -0.116. The van der Waals surface area contributed by atoms with Crippen molar-refractivity contribution in [2.24, 2.45) is 5.73 Å². The van der Waals surface area contributed by atoms with Crippen LogP contribution in [0.1, 0.15) is 6.92 Å². The van der Waals surface area contributed by atoms with E-state index in [0.29, 0.717) is 18.4 Å². The lowest BCUT2D eigenvalue weighted by Crippen LogP contribution is -2.22. The summed E-state index contributed by atoms with van der Waals surface area (Å²) in [7, 11) is 0. The van der Waals surface area contributed by atoms with Crippen LogP contribution in [0, 0.1) is 0 Å². The zero-order valence-corrected chi connectivity index (χ0v) is 7.86. The Morgan fingerprint density at radius 2 is 2.50 bits per heavy atom. The number of ether oxygens (including phenoxy) is 1. The summed E-state index contributed by atoms with van der Waals surface area (Å²) in [4.78, 5) is 18.3. The molecule has 1 rings (SSSR count). The van der Waals surface area contributed by atoms with Crippen molar-refractivity contribution in [3.05, 3.63) is 12.3 Å². The summed E-state index contributed by atoms with van der Waals surface area (Å²) in [5, 5.41) is 2.67. The molecular weight excluding hydrogens is 184 g/mol. The first-order valence-electron chi connectivity index (χ1n) is 4.20. The molecule has 1 heterocycles. The van der Waals surface area contributed by atoms with E-state index in [9.17, 15) is 4.79 Å². The molecule has 0 bridgehead atoms. The fourth-order valence-corrected chi connectivity index (χ4v) is 0.822. The van der Waals surface area contributed by atoms with E-state index in [2.05, 4.69) is 15.3 Å². The maximum Gasteiger partial charge on any atom is 0.236 e. The maximum atomic E-state index is 10.5. The minimum Gasteiger partial charge on any atom is -0.478 e. The van der Waals surface area contributed by atoms with Crippen molar-refractivity contribution in [1.29, 1.82) is 0 Å². The van der Waals surface area contributed by atoms with Gasteiger partial charge in [-0.15, -0.1) is 0 Å². The Bertz CT molecular complexity index is 316. The number of hydrogen-bond donors (Lipinski definition) is 2. The number of primary amides is 1. The number of anilines is 1. The molecule has 76 valence electrons. The number of aromatic nitrogens is 2. The van der Waals surface area contributed by atoms with E-state index in [1.165, 1.54) is 0 Å². The van der Waals surface area contributed by atoms with Crippen LogP contribution in [-0.4, -0.2) is 29.0 Å². The summed E-state index contributed by atoms with van der Waals surface area (Å²) in [5.74, 6) is 0.333. The van der Waals surface area contributed by atoms with Crippen molar-refractivity contribution in [1.82, 2.24) is 9.97 Å². The third-order valence-corrected chi connectivity index (χ3v) is 1.34. The lowest BCUT2D eigenvalue weighted by Gasteiger charge is -2.04. The number of nitrogens with zero attached hydrogens (tertiary/aromatic N) is 2. The van der Waals surface area contributed by atoms with E-state index in [-0.39, 0.29) is 6.54 Å². The molecule has 6 nitrogen and oxygen atoms in total. The zero-order chi connectivity index (χ0) is 10.4. The van der Waals surface area contributed by atoms with Crippen LogP contribution in [0.15, 0.2) is 12.3 Å². The molecule has 0 aliphatic heterocycles. The second-order valence-electron chi connectivity index (χ2n) is 2.47. The molecule has 6 heteroatoms. The Balaban J connectivity index is 2.58. The highest BCUT2D eigenvalue weighted by Crippen LogP contribution is 2.07. The third-order valence-electron chi connectivity index (χ3n) is 1.34. The average molecular weight is 196 g/mol. The van der Waals surface area contributed by atoms with Crippen LogP contribution in [-0.2, 0) is 4.79 Å². The smallest absolute Gasteiger partial charge is 0.236 e. The van der Waals surface area contributed by atoms with Crippen molar-refractivity contribution < 1.29 is 9.53 Å². The van der Waals surface area contributed by atoms with Gasteiger partial charge in [0, 0.05) is 12.3 Å². The number of carbonyl (C=O) groups excluding carboxylic acids is 1. The fraction of sp³-hybridized carbons (Fsp3) is 0.375. The largest absolute Gasteiger partial charge is 0.478 e. The normalized spacial score (nSPS) is 9.50. The molecule has 0 saturated carbocycles. The maximum absolute atomic E-state index is 10.5. The van der Waals surface area contributed by atoms with Crippen LogP contribution in [0.2, 0.25) is 0 Å². The molecular formula is C8H12N4O2. The SMILES string of the molecule is CCOc1ccnc(NCC(N)=O)n1. The second-order valence-corrected chi connectivity index (χ2v) is 2.47. The molecule has 0 unspecified atom stereocenters. The quantitative estimate of drug-likeness (QED) is 0.679. The van der Waals surface area contributed by atoms with Gasteiger partial charge in [0.15, 0.2) is 0 Å². The Morgan fingerprint density at radius 3 is 3.14 bits per heavy atom. The van der Waals surface area contributed by atoms with Gasteiger partial charge in [0.1, 0.15) is 0 Å². The highest BCUT2D eigenvalue weighted by Gasteiger charge is 2.00. The number of rotatable bonds is 5. The summed E-state index contributed by atoms with van der Waals surface area (Å²) >= 11 is 0. The average Bonchev–Trinajstić information content (AvgIpc) is 2.16. The molecule has 0 saturated heterocycles. The standard InChI is InChI=1S/C8H12N4O2/c1-2-14-7-3-4-10-8(12-7)11-5-6(9)13/h3-4H,2,5H2,1H3,(H2,9,13)(H,10,11,12). The van der Waals surface area contributed by atoms with Crippen molar-refractivity contribution in [2.75, 3.05) is 18.5 Å². The van der Waals surface area contributed by atoms with Gasteiger partial charge in [0.2, 0.25) is 17.7 Å². The van der Waals surface area contributed by atoms with Crippen LogP contribution in [0.25, 0.3) is 0 Å². The van der Waals surface area contributed by atoms with Crippen LogP contribution >= 0.6 is 0 Å². The molecule has 1 amide bonds. The summed E-state index contributed by atoms with van der Waals surface area (Å²) in [6.07, 6.45) is 1.54. The van der Waals surface area contributed by atoms with Crippen molar-refractivity contribution in [2.45, 2.75) is 6.92 Å². The summed E-state index contributed by atoms with van der Waals surface area (Å²) in [5.41, 5.74) is 4.95. The topological polar surface area (TPSA) is 90.1 Å². The molecule has 0 aliphatic carbocycles.